The highest BCUT2D eigenvalue weighted by atomic mass is 127. The van der Waals surface area contributed by atoms with Gasteiger partial charge in [0.25, 0.3) is 0 Å². The average Bonchev–Trinajstić information content (AvgIpc) is 2.69. The molecule has 2 aromatic rings. The van der Waals surface area contributed by atoms with E-state index in [9.17, 15) is 8.78 Å². The van der Waals surface area contributed by atoms with Crippen LogP contribution in [-0.4, -0.2) is 55.6 Å². The minimum Gasteiger partial charge on any atom is -0.366 e. The number of aliphatic imine (C=N–C) groups is 1. The number of rotatable bonds is 4. The Bertz CT molecular complexity index is 807. The van der Waals surface area contributed by atoms with Crippen LogP contribution in [0.25, 0.3) is 0 Å². The molecule has 1 saturated heterocycles. The maximum absolute atomic E-state index is 14.0. The molecule has 0 radical (unpaired) electrons. The van der Waals surface area contributed by atoms with Gasteiger partial charge in [0, 0.05) is 58.2 Å². The molecule has 0 atom stereocenters. The van der Waals surface area contributed by atoms with Gasteiger partial charge in [-0.2, -0.15) is 0 Å². The lowest BCUT2D eigenvalue weighted by molar-refractivity contribution is 0.371. The van der Waals surface area contributed by atoms with Gasteiger partial charge in [-0.3, -0.25) is 9.98 Å². The number of aryl methyl sites for hydroxylation is 1. The van der Waals surface area contributed by atoms with Gasteiger partial charge in [-0.05, 0) is 42.7 Å². The molecule has 0 unspecified atom stereocenters. The number of guanidine groups is 1. The predicted molar refractivity (Wildman–Crippen MR) is 120 cm³/mol. The van der Waals surface area contributed by atoms with Gasteiger partial charge in [-0.15, -0.1) is 24.0 Å². The second-order valence-corrected chi connectivity index (χ2v) is 6.60. The number of aromatic nitrogens is 1. The van der Waals surface area contributed by atoms with Crippen LogP contribution in [0.2, 0.25) is 0 Å². The summed E-state index contributed by atoms with van der Waals surface area (Å²) < 4.78 is 27.4. The molecule has 0 aliphatic carbocycles. The molecule has 28 heavy (non-hydrogen) atoms. The Morgan fingerprint density at radius 1 is 1.18 bits per heavy atom. The third-order valence-corrected chi connectivity index (χ3v) is 4.85. The topological polar surface area (TPSA) is 43.8 Å². The average molecular weight is 501 g/mol. The zero-order valence-electron chi connectivity index (χ0n) is 16.2. The molecule has 8 heteroatoms. The number of hydrogen-bond donors (Lipinski definition) is 1. The summed E-state index contributed by atoms with van der Waals surface area (Å²) in [6, 6.07) is 5.62. The lowest BCUT2D eigenvalue weighted by Crippen LogP contribution is -2.53. The molecule has 1 fully saturated rings. The van der Waals surface area contributed by atoms with Crippen LogP contribution in [0.15, 0.2) is 41.7 Å². The van der Waals surface area contributed by atoms with Gasteiger partial charge in [-0.25, -0.2) is 8.78 Å². The summed E-state index contributed by atoms with van der Waals surface area (Å²) in [5.41, 5.74) is 2.77. The normalized spacial score (nSPS) is 14.6. The molecule has 1 aliphatic heterocycles. The van der Waals surface area contributed by atoms with Crippen molar-refractivity contribution in [3.05, 3.63) is 59.4 Å². The second kappa shape index (κ2) is 10.5. The van der Waals surface area contributed by atoms with Gasteiger partial charge in [0.15, 0.2) is 5.96 Å². The fourth-order valence-corrected chi connectivity index (χ4v) is 3.31. The van der Waals surface area contributed by atoms with Crippen LogP contribution in [0.3, 0.4) is 0 Å². The number of pyridine rings is 1. The van der Waals surface area contributed by atoms with E-state index in [2.05, 4.69) is 27.1 Å². The first-order valence-corrected chi connectivity index (χ1v) is 9.13. The van der Waals surface area contributed by atoms with Crippen LogP contribution < -0.4 is 10.2 Å². The lowest BCUT2D eigenvalue weighted by atomic mass is 10.1. The highest BCUT2D eigenvalue weighted by Gasteiger charge is 2.21. The van der Waals surface area contributed by atoms with Crippen molar-refractivity contribution in [3.63, 3.8) is 0 Å². The van der Waals surface area contributed by atoms with E-state index >= 15 is 0 Å². The molecule has 0 amide bonds. The molecule has 2 heterocycles. The van der Waals surface area contributed by atoms with E-state index in [1.165, 1.54) is 23.3 Å². The third kappa shape index (κ3) is 5.52. The van der Waals surface area contributed by atoms with Crippen molar-refractivity contribution >= 4 is 35.6 Å². The molecule has 5 nitrogen and oxygen atoms in total. The van der Waals surface area contributed by atoms with Crippen molar-refractivity contribution in [2.24, 2.45) is 4.99 Å². The molecular weight excluding hydrogens is 475 g/mol. The molecular formula is C20H26F2IN5. The van der Waals surface area contributed by atoms with Crippen LogP contribution in [0.1, 0.15) is 11.1 Å². The molecule has 1 aromatic heterocycles. The minimum atomic E-state index is -0.419. The van der Waals surface area contributed by atoms with Crippen molar-refractivity contribution in [1.82, 2.24) is 15.2 Å². The van der Waals surface area contributed by atoms with Crippen LogP contribution in [0, 0.1) is 18.6 Å². The first-order chi connectivity index (χ1) is 13.1. The molecule has 1 aliphatic rings. The second-order valence-electron chi connectivity index (χ2n) is 6.60. The maximum Gasteiger partial charge on any atom is 0.193 e. The Kier molecular flexibility index (Phi) is 8.40. The number of hydrogen-bond acceptors (Lipinski definition) is 3. The van der Waals surface area contributed by atoms with E-state index in [1.54, 1.807) is 7.05 Å². The summed E-state index contributed by atoms with van der Waals surface area (Å²) in [7, 11) is 1.76. The summed E-state index contributed by atoms with van der Waals surface area (Å²) >= 11 is 0. The summed E-state index contributed by atoms with van der Waals surface area (Å²) in [5, 5.41) is 3.39. The van der Waals surface area contributed by atoms with Crippen LogP contribution in [-0.2, 0) is 6.42 Å². The number of nitrogens with one attached hydrogen (secondary N) is 1. The number of piperazine rings is 1. The molecule has 1 aromatic carbocycles. The zero-order chi connectivity index (χ0) is 19.2. The number of halogens is 3. The van der Waals surface area contributed by atoms with Gasteiger partial charge in [0.2, 0.25) is 0 Å². The third-order valence-electron chi connectivity index (χ3n) is 4.85. The lowest BCUT2D eigenvalue weighted by Gasteiger charge is -2.37. The number of anilines is 1. The predicted octanol–water partition coefficient (Wildman–Crippen LogP) is 3.23. The van der Waals surface area contributed by atoms with Crippen LogP contribution in [0.5, 0.6) is 0 Å². The van der Waals surface area contributed by atoms with E-state index in [-0.39, 0.29) is 29.8 Å². The minimum absolute atomic E-state index is 0. The monoisotopic (exact) mass is 501 g/mol. The number of benzene rings is 1. The highest BCUT2D eigenvalue weighted by Crippen LogP contribution is 2.21. The number of nitrogens with zero attached hydrogens (tertiary/aromatic N) is 4. The SMILES string of the molecule is CN=C(NCCc1ccncc1C)N1CCN(c2cc(F)ccc2F)CC1.I. The quantitative estimate of drug-likeness (QED) is 0.397. The fraction of sp³-hybridized carbons (Fsp3) is 0.400. The zero-order valence-corrected chi connectivity index (χ0v) is 18.5. The standard InChI is InChI=1S/C20H25F2N5.HI/c1-15-14-24-7-5-16(15)6-8-25-20(23-2)27-11-9-26(10-12-27)19-13-17(21)3-4-18(19)22;/h3-5,7,13-14H,6,8-12H2,1-2H3,(H,23,25);1H. The Morgan fingerprint density at radius 2 is 1.93 bits per heavy atom. The van der Waals surface area contributed by atoms with Crippen molar-refractivity contribution in [2.45, 2.75) is 13.3 Å². The van der Waals surface area contributed by atoms with Crippen molar-refractivity contribution in [3.8, 4) is 0 Å². The highest BCUT2D eigenvalue weighted by molar-refractivity contribution is 14.0. The first kappa shape index (κ1) is 22.3. The van der Waals surface area contributed by atoms with E-state index in [1.807, 2.05) is 23.4 Å². The van der Waals surface area contributed by atoms with Crippen molar-refractivity contribution in [2.75, 3.05) is 44.7 Å². The molecule has 0 spiro atoms. The molecule has 0 bridgehead atoms. The van der Waals surface area contributed by atoms with Gasteiger partial charge < -0.3 is 15.1 Å². The van der Waals surface area contributed by atoms with Crippen LogP contribution >= 0.6 is 24.0 Å². The largest absolute Gasteiger partial charge is 0.366 e. The van der Waals surface area contributed by atoms with Gasteiger partial charge in [-0.1, -0.05) is 0 Å². The van der Waals surface area contributed by atoms with E-state index in [0.29, 0.717) is 31.9 Å². The molecule has 3 rings (SSSR count). The Hall–Kier alpha value is -1.97. The molecule has 0 saturated carbocycles. The van der Waals surface area contributed by atoms with E-state index in [0.717, 1.165) is 25.0 Å². The fourth-order valence-electron chi connectivity index (χ4n) is 3.31. The van der Waals surface area contributed by atoms with E-state index < -0.39 is 5.82 Å². The summed E-state index contributed by atoms with van der Waals surface area (Å²) in [4.78, 5) is 12.5. The van der Waals surface area contributed by atoms with Gasteiger partial charge in [0.1, 0.15) is 11.6 Å². The Balaban J connectivity index is 0.00000280. The summed E-state index contributed by atoms with van der Waals surface area (Å²) in [6.07, 6.45) is 4.57. The van der Waals surface area contributed by atoms with Crippen molar-refractivity contribution in [1.29, 1.82) is 0 Å². The Morgan fingerprint density at radius 3 is 2.61 bits per heavy atom. The maximum atomic E-state index is 14.0. The van der Waals surface area contributed by atoms with E-state index in [4.69, 9.17) is 0 Å². The van der Waals surface area contributed by atoms with Crippen LogP contribution in [0.4, 0.5) is 14.5 Å². The molecule has 152 valence electrons. The summed E-state index contributed by atoms with van der Waals surface area (Å²) in [6.45, 7) is 5.46. The summed E-state index contributed by atoms with van der Waals surface area (Å²) in [5.74, 6) is 0.0267. The molecule has 1 N–H and O–H groups in total. The van der Waals surface area contributed by atoms with Crippen molar-refractivity contribution < 1.29 is 8.78 Å². The smallest absolute Gasteiger partial charge is 0.193 e. The van der Waals surface area contributed by atoms with Gasteiger partial charge in [0.05, 0.1) is 5.69 Å². The first-order valence-electron chi connectivity index (χ1n) is 9.13. The van der Waals surface area contributed by atoms with Gasteiger partial charge >= 0.3 is 0 Å². The Labute approximate surface area is 181 Å².